The van der Waals surface area contributed by atoms with Crippen LogP contribution in [-0.4, -0.2) is 28.0 Å². The van der Waals surface area contributed by atoms with E-state index in [1.165, 1.54) is 13.2 Å². The maximum atomic E-state index is 13.5. The van der Waals surface area contributed by atoms with Gasteiger partial charge >= 0.3 is 0 Å². The Hall–Kier alpha value is -2.52. The molecule has 0 radical (unpaired) electrons. The number of carbonyl (C=O) groups is 1. The van der Waals surface area contributed by atoms with Gasteiger partial charge in [0.05, 0.1) is 24.2 Å². The van der Waals surface area contributed by atoms with Crippen molar-refractivity contribution in [3.63, 3.8) is 0 Å². The van der Waals surface area contributed by atoms with Gasteiger partial charge in [0.1, 0.15) is 17.4 Å². The molecule has 26 heavy (non-hydrogen) atoms. The van der Waals surface area contributed by atoms with Gasteiger partial charge in [0.15, 0.2) is 0 Å². The van der Waals surface area contributed by atoms with Crippen LogP contribution in [0.1, 0.15) is 11.1 Å². The minimum Gasteiger partial charge on any atom is -0.496 e. The number of hydrogen-bond donors (Lipinski definition) is 2. The number of rotatable bonds is 6. The number of amides is 1. The van der Waals surface area contributed by atoms with Crippen LogP contribution in [0.15, 0.2) is 35.2 Å². The summed E-state index contributed by atoms with van der Waals surface area (Å²) in [5.41, 5.74) is 0.827. The maximum absolute atomic E-state index is 13.5. The predicted octanol–water partition coefficient (Wildman–Crippen LogP) is 2.51. The molecule has 0 saturated heterocycles. The summed E-state index contributed by atoms with van der Waals surface area (Å²) >= 11 is 0. The molecule has 2 aromatic carbocycles. The number of benzene rings is 2. The van der Waals surface area contributed by atoms with E-state index < -0.39 is 34.1 Å². The van der Waals surface area contributed by atoms with Crippen molar-refractivity contribution < 1.29 is 26.7 Å². The number of anilines is 1. The minimum absolute atomic E-state index is 0.0107. The number of methoxy groups -OCH3 is 1. The third-order valence-corrected chi connectivity index (χ3v) is 5.15. The van der Waals surface area contributed by atoms with Gasteiger partial charge in [-0.15, -0.1) is 0 Å². The standard InChI is InChI=1S/C17H18F2N2O4S/c1-10-7-16(11(2)6-15(10)25-3)26(23,24)20-9-17(22)21-14-5-4-12(18)8-13(14)19/h4-8,20H,9H2,1-3H3,(H,21,22). The molecule has 140 valence electrons. The summed E-state index contributed by atoms with van der Waals surface area (Å²) in [5.74, 6) is -1.98. The van der Waals surface area contributed by atoms with Crippen molar-refractivity contribution >= 4 is 21.6 Å². The molecular weight excluding hydrogens is 366 g/mol. The molecule has 0 heterocycles. The zero-order valence-electron chi connectivity index (χ0n) is 14.4. The van der Waals surface area contributed by atoms with E-state index in [2.05, 4.69) is 10.0 Å². The smallest absolute Gasteiger partial charge is 0.241 e. The molecule has 0 aliphatic carbocycles. The Morgan fingerprint density at radius 3 is 2.42 bits per heavy atom. The lowest BCUT2D eigenvalue weighted by Crippen LogP contribution is -2.33. The van der Waals surface area contributed by atoms with Crippen LogP contribution < -0.4 is 14.8 Å². The Kier molecular flexibility index (Phi) is 5.94. The molecule has 0 aromatic heterocycles. The van der Waals surface area contributed by atoms with Crippen molar-refractivity contribution in [3.05, 3.63) is 53.1 Å². The summed E-state index contributed by atoms with van der Waals surface area (Å²) in [6.07, 6.45) is 0. The van der Waals surface area contributed by atoms with Gasteiger partial charge in [0, 0.05) is 6.07 Å². The second-order valence-electron chi connectivity index (χ2n) is 5.58. The van der Waals surface area contributed by atoms with Crippen LogP contribution >= 0.6 is 0 Å². The summed E-state index contributed by atoms with van der Waals surface area (Å²) in [6.45, 7) is 2.69. The summed E-state index contributed by atoms with van der Waals surface area (Å²) in [4.78, 5) is 11.9. The Morgan fingerprint density at radius 1 is 1.12 bits per heavy atom. The lowest BCUT2D eigenvalue weighted by Gasteiger charge is -2.13. The molecule has 0 atom stereocenters. The number of nitrogens with one attached hydrogen (secondary N) is 2. The first kappa shape index (κ1) is 19.8. The molecule has 0 aliphatic heterocycles. The Balaban J connectivity index is 2.10. The van der Waals surface area contributed by atoms with E-state index >= 15 is 0 Å². The highest BCUT2D eigenvalue weighted by Gasteiger charge is 2.20. The first-order chi connectivity index (χ1) is 12.1. The van der Waals surface area contributed by atoms with Gasteiger partial charge in [-0.25, -0.2) is 21.9 Å². The zero-order chi connectivity index (χ0) is 19.5. The molecule has 9 heteroatoms. The van der Waals surface area contributed by atoms with E-state index in [9.17, 15) is 22.0 Å². The number of aryl methyl sites for hydroxylation is 2. The van der Waals surface area contributed by atoms with E-state index in [-0.39, 0.29) is 10.6 Å². The molecule has 0 aliphatic rings. The van der Waals surface area contributed by atoms with Crippen LogP contribution in [-0.2, 0) is 14.8 Å². The summed E-state index contributed by atoms with van der Waals surface area (Å²) in [7, 11) is -2.48. The van der Waals surface area contributed by atoms with E-state index in [4.69, 9.17) is 4.74 Å². The zero-order valence-corrected chi connectivity index (χ0v) is 15.2. The summed E-state index contributed by atoms with van der Waals surface area (Å²) in [5, 5.41) is 2.18. The molecule has 0 unspecified atom stereocenters. The topological polar surface area (TPSA) is 84.5 Å². The van der Waals surface area contributed by atoms with Crippen LogP contribution in [0.25, 0.3) is 0 Å². The van der Waals surface area contributed by atoms with Crippen molar-refractivity contribution in [3.8, 4) is 5.75 Å². The van der Waals surface area contributed by atoms with Gasteiger partial charge in [-0.1, -0.05) is 0 Å². The Morgan fingerprint density at radius 2 is 1.81 bits per heavy atom. The molecule has 1 amide bonds. The van der Waals surface area contributed by atoms with E-state index in [0.29, 0.717) is 22.9 Å². The van der Waals surface area contributed by atoms with Crippen molar-refractivity contribution in [1.29, 1.82) is 0 Å². The molecule has 0 spiro atoms. The number of hydrogen-bond acceptors (Lipinski definition) is 4. The van der Waals surface area contributed by atoms with Crippen molar-refractivity contribution in [2.24, 2.45) is 0 Å². The third-order valence-electron chi connectivity index (χ3n) is 3.61. The molecule has 0 bridgehead atoms. The first-order valence-corrected chi connectivity index (χ1v) is 9.02. The monoisotopic (exact) mass is 384 g/mol. The van der Waals surface area contributed by atoms with Crippen LogP contribution in [0.3, 0.4) is 0 Å². The number of ether oxygens (including phenoxy) is 1. The fraction of sp³-hybridized carbons (Fsp3) is 0.235. The normalized spacial score (nSPS) is 11.3. The first-order valence-electron chi connectivity index (χ1n) is 7.54. The van der Waals surface area contributed by atoms with E-state index in [1.54, 1.807) is 19.9 Å². The number of carbonyl (C=O) groups excluding carboxylic acids is 1. The molecule has 2 rings (SSSR count). The largest absolute Gasteiger partial charge is 0.496 e. The van der Waals surface area contributed by atoms with Gasteiger partial charge in [0.25, 0.3) is 0 Å². The highest BCUT2D eigenvalue weighted by atomic mass is 32.2. The highest BCUT2D eigenvalue weighted by Crippen LogP contribution is 2.25. The van der Waals surface area contributed by atoms with Gasteiger partial charge < -0.3 is 10.1 Å². The van der Waals surface area contributed by atoms with Crippen molar-refractivity contribution in [2.45, 2.75) is 18.7 Å². The molecule has 6 nitrogen and oxygen atoms in total. The lowest BCUT2D eigenvalue weighted by atomic mass is 10.1. The molecule has 0 saturated carbocycles. The molecular formula is C17H18F2N2O4S. The predicted molar refractivity (Wildman–Crippen MR) is 92.6 cm³/mol. The fourth-order valence-corrected chi connectivity index (χ4v) is 3.59. The van der Waals surface area contributed by atoms with Gasteiger partial charge in [-0.2, -0.15) is 0 Å². The Labute approximate surface area is 150 Å². The molecule has 2 N–H and O–H groups in total. The van der Waals surface area contributed by atoms with Crippen LogP contribution in [0.4, 0.5) is 14.5 Å². The Bertz CT molecular complexity index is 946. The van der Waals surface area contributed by atoms with E-state index in [0.717, 1.165) is 12.1 Å². The van der Waals surface area contributed by atoms with Gasteiger partial charge in [-0.3, -0.25) is 4.79 Å². The minimum atomic E-state index is -3.96. The van der Waals surface area contributed by atoms with Crippen LogP contribution in [0.5, 0.6) is 5.75 Å². The highest BCUT2D eigenvalue weighted by molar-refractivity contribution is 7.89. The quantitative estimate of drug-likeness (QED) is 0.802. The average molecular weight is 384 g/mol. The lowest BCUT2D eigenvalue weighted by molar-refractivity contribution is -0.115. The van der Waals surface area contributed by atoms with E-state index in [1.807, 2.05) is 0 Å². The second kappa shape index (κ2) is 7.79. The van der Waals surface area contributed by atoms with Crippen molar-refractivity contribution in [1.82, 2.24) is 4.72 Å². The molecule has 0 fully saturated rings. The SMILES string of the molecule is COc1cc(C)c(S(=O)(=O)NCC(=O)Nc2ccc(F)cc2F)cc1C. The fourth-order valence-electron chi connectivity index (χ4n) is 2.30. The number of sulfonamides is 1. The molecule has 2 aromatic rings. The van der Waals surface area contributed by atoms with Crippen LogP contribution in [0.2, 0.25) is 0 Å². The van der Waals surface area contributed by atoms with Crippen LogP contribution in [0, 0.1) is 25.5 Å². The summed E-state index contributed by atoms with van der Waals surface area (Å²) < 4.78 is 58.5. The van der Waals surface area contributed by atoms with Gasteiger partial charge in [-0.05, 0) is 49.2 Å². The second-order valence-corrected chi connectivity index (χ2v) is 7.32. The van der Waals surface area contributed by atoms with Gasteiger partial charge in [0.2, 0.25) is 15.9 Å². The average Bonchev–Trinajstić information content (AvgIpc) is 2.57. The summed E-state index contributed by atoms with van der Waals surface area (Å²) in [6, 6.07) is 5.66. The maximum Gasteiger partial charge on any atom is 0.241 e. The third kappa shape index (κ3) is 4.55. The van der Waals surface area contributed by atoms with Crippen molar-refractivity contribution in [2.75, 3.05) is 19.0 Å². The number of halogens is 2.